The number of ether oxygens (including phenoxy) is 2. The summed E-state index contributed by atoms with van der Waals surface area (Å²) in [6, 6.07) is 6.90. The molecule has 0 aliphatic heterocycles. The molecule has 0 saturated carbocycles. The Kier molecular flexibility index (Phi) is 2.59. The Labute approximate surface area is 91.8 Å². The molecule has 0 atom stereocenters. The fourth-order valence-corrected chi connectivity index (χ4v) is 1.49. The minimum Gasteiger partial charge on any atom is -0.496 e. The van der Waals surface area contributed by atoms with Crippen LogP contribution in [0.2, 0.25) is 0 Å². The van der Waals surface area contributed by atoms with Crippen LogP contribution < -0.4 is 15.2 Å². The number of carbonyl (C=O) groups is 1. The fraction of sp³-hybridized carbons (Fsp3) is 0.0909. The van der Waals surface area contributed by atoms with E-state index >= 15 is 0 Å². The molecule has 5 nitrogen and oxygen atoms in total. The average Bonchev–Trinajstić information content (AvgIpc) is 2.29. The van der Waals surface area contributed by atoms with Crippen molar-refractivity contribution >= 4 is 17.0 Å². The molecule has 1 amide bonds. The maximum Gasteiger partial charge on any atom is 0.410 e. The fourth-order valence-electron chi connectivity index (χ4n) is 1.49. The summed E-state index contributed by atoms with van der Waals surface area (Å²) in [6.45, 7) is 0. The van der Waals surface area contributed by atoms with Gasteiger partial charge in [-0.05, 0) is 24.3 Å². The highest BCUT2D eigenvalue weighted by Gasteiger charge is 2.09. The van der Waals surface area contributed by atoms with Crippen molar-refractivity contribution < 1.29 is 14.3 Å². The van der Waals surface area contributed by atoms with E-state index in [9.17, 15) is 4.79 Å². The van der Waals surface area contributed by atoms with Crippen molar-refractivity contribution in [3.8, 4) is 11.5 Å². The number of hydrogen-bond donors (Lipinski definition) is 1. The first-order chi connectivity index (χ1) is 7.72. The maximum atomic E-state index is 10.7. The number of fused-ring (bicyclic) bond motifs is 1. The summed E-state index contributed by atoms with van der Waals surface area (Å²) in [6.07, 6.45) is 0.743. The summed E-state index contributed by atoms with van der Waals surface area (Å²) in [5, 5.41) is 0.767. The molecule has 0 radical (unpaired) electrons. The highest BCUT2D eigenvalue weighted by atomic mass is 16.5. The molecular formula is C11H10N2O3. The highest BCUT2D eigenvalue weighted by Crippen LogP contribution is 2.31. The number of aromatic nitrogens is 1. The van der Waals surface area contributed by atoms with Gasteiger partial charge in [-0.1, -0.05) is 0 Å². The number of amides is 1. The average molecular weight is 218 g/mol. The van der Waals surface area contributed by atoms with Gasteiger partial charge in [-0.2, -0.15) is 0 Å². The molecule has 1 aromatic carbocycles. The number of methoxy groups -OCH3 is 1. The number of rotatable bonds is 2. The quantitative estimate of drug-likeness (QED) is 0.832. The van der Waals surface area contributed by atoms with Crippen molar-refractivity contribution in [3.63, 3.8) is 0 Å². The largest absolute Gasteiger partial charge is 0.496 e. The lowest BCUT2D eigenvalue weighted by molar-refractivity contribution is 0.211. The molecular weight excluding hydrogens is 208 g/mol. The summed E-state index contributed by atoms with van der Waals surface area (Å²) >= 11 is 0. The van der Waals surface area contributed by atoms with Crippen LogP contribution in [0.3, 0.4) is 0 Å². The molecule has 2 rings (SSSR count). The first-order valence-electron chi connectivity index (χ1n) is 4.61. The van der Waals surface area contributed by atoms with E-state index in [1.54, 1.807) is 31.5 Å². The number of carbonyl (C=O) groups excluding carboxylic acids is 1. The van der Waals surface area contributed by atoms with Crippen LogP contribution in [0.25, 0.3) is 10.9 Å². The van der Waals surface area contributed by atoms with Crippen molar-refractivity contribution in [3.05, 3.63) is 30.5 Å². The standard InChI is InChI=1S/C11H10N2O3/c1-15-8-4-5-9(16-11(12)14)10-7(8)3-2-6-13-10/h2-6H,1H3,(H2,12,14). The Morgan fingerprint density at radius 3 is 2.75 bits per heavy atom. The number of benzene rings is 1. The van der Waals surface area contributed by atoms with Crippen LogP contribution >= 0.6 is 0 Å². The van der Waals surface area contributed by atoms with Crippen molar-refractivity contribution in [1.29, 1.82) is 0 Å². The molecule has 0 aliphatic carbocycles. The van der Waals surface area contributed by atoms with Gasteiger partial charge in [-0.25, -0.2) is 4.79 Å². The van der Waals surface area contributed by atoms with Gasteiger partial charge < -0.3 is 15.2 Å². The molecule has 2 aromatic rings. The number of nitrogens with zero attached hydrogens (tertiary/aromatic N) is 1. The molecule has 2 N–H and O–H groups in total. The number of nitrogens with two attached hydrogens (primary N) is 1. The van der Waals surface area contributed by atoms with Gasteiger partial charge in [0.2, 0.25) is 0 Å². The SMILES string of the molecule is COc1ccc(OC(N)=O)c2ncccc12. The third-order valence-corrected chi connectivity index (χ3v) is 2.12. The van der Waals surface area contributed by atoms with Gasteiger partial charge in [-0.15, -0.1) is 0 Å². The van der Waals surface area contributed by atoms with Gasteiger partial charge >= 0.3 is 6.09 Å². The molecule has 82 valence electrons. The van der Waals surface area contributed by atoms with Crippen LogP contribution in [0.5, 0.6) is 11.5 Å². The molecule has 0 unspecified atom stereocenters. The Morgan fingerprint density at radius 1 is 1.31 bits per heavy atom. The number of primary amides is 1. The third-order valence-electron chi connectivity index (χ3n) is 2.12. The molecule has 1 heterocycles. The molecule has 0 aliphatic rings. The highest BCUT2D eigenvalue weighted by molar-refractivity contribution is 5.91. The van der Waals surface area contributed by atoms with Gasteiger partial charge in [0.15, 0.2) is 5.75 Å². The minimum absolute atomic E-state index is 0.323. The van der Waals surface area contributed by atoms with Gasteiger partial charge in [0.1, 0.15) is 11.3 Å². The molecule has 0 fully saturated rings. The molecule has 0 spiro atoms. The van der Waals surface area contributed by atoms with Crippen LogP contribution in [0.4, 0.5) is 4.79 Å². The van der Waals surface area contributed by atoms with E-state index in [0.29, 0.717) is 17.0 Å². The van der Waals surface area contributed by atoms with Crippen molar-refractivity contribution in [2.75, 3.05) is 7.11 Å². The van der Waals surface area contributed by atoms with E-state index in [4.69, 9.17) is 15.2 Å². The van der Waals surface area contributed by atoms with Crippen LogP contribution in [0.1, 0.15) is 0 Å². The smallest absolute Gasteiger partial charge is 0.410 e. The summed E-state index contributed by atoms with van der Waals surface area (Å²) in [4.78, 5) is 14.8. The van der Waals surface area contributed by atoms with Crippen LogP contribution in [0.15, 0.2) is 30.5 Å². The first-order valence-corrected chi connectivity index (χ1v) is 4.61. The third kappa shape index (κ3) is 1.75. The summed E-state index contributed by atoms with van der Waals surface area (Å²) < 4.78 is 10.0. The zero-order valence-electron chi connectivity index (χ0n) is 8.64. The second kappa shape index (κ2) is 4.06. The Balaban J connectivity index is 2.64. The van der Waals surface area contributed by atoms with Crippen LogP contribution in [-0.4, -0.2) is 18.2 Å². The zero-order valence-corrected chi connectivity index (χ0v) is 8.64. The summed E-state index contributed by atoms with van der Waals surface area (Å²) in [7, 11) is 1.57. The van der Waals surface area contributed by atoms with E-state index in [1.807, 2.05) is 6.07 Å². The van der Waals surface area contributed by atoms with Crippen molar-refractivity contribution in [2.24, 2.45) is 5.73 Å². The van der Waals surface area contributed by atoms with E-state index in [-0.39, 0.29) is 0 Å². The first kappa shape index (κ1) is 10.2. The van der Waals surface area contributed by atoms with Gasteiger partial charge in [0.05, 0.1) is 7.11 Å². The lowest BCUT2D eigenvalue weighted by atomic mass is 10.2. The second-order valence-corrected chi connectivity index (χ2v) is 3.09. The molecule has 16 heavy (non-hydrogen) atoms. The van der Waals surface area contributed by atoms with Gasteiger partial charge in [0.25, 0.3) is 0 Å². The molecule has 0 bridgehead atoms. The predicted octanol–water partition coefficient (Wildman–Crippen LogP) is 1.70. The lowest BCUT2D eigenvalue weighted by Gasteiger charge is -2.08. The van der Waals surface area contributed by atoms with Gasteiger partial charge in [-0.3, -0.25) is 4.98 Å². The van der Waals surface area contributed by atoms with E-state index in [0.717, 1.165) is 5.39 Å². The topological polar surface area (TPSA) is 74.4 Å². The monoisotopic (exact) mass is 218 g/mol. The molecule has 5 heteroatoms. The zero-order chi connectivity index (χ0) is 11.5. The summed E-state index contributed by atoms with van der Waals surface area (Å²) in [5.74, 6) is 0.990. The predicted molar refractivity (Wildman–Crippen MR) is 58.5 cm³/mol. The Bertz CT molecular complexity index is 540. The lowest BCUT2D eigenvalue weighted by Crippen LogP contribution is -2.16. The number of hydrogen-bond acceptors (Lipinski definition) is 4. The van der Waals surface area contributed by atoms with E-state index in [1.165, 1.54) is 0 Å². The van der Waals surface area contributed by atoms with Crippen molar-refractivity contribution in [2.45, 2.75) is 0 Å². The van der Waals surface area contributed by atoms with Crippen molar-refractivity contribution in [1.82, 2.24) is 4.98 Å². The van der Waals surface area contributed by atoms with Gasteiger partial charge in [0, 0.05) is 11.6 Å². The molecule has 1 aromatic heterocycles. The van der Waals surface area contributed by atoms with Crippen LogP contribution in [-0.2, 0) is 0 Å². The minimum atomic E-state index is -0.864. The van der Waals surface area contributed by atoms with Crippen LogP contribution in [0, 0.1) is 0 Å². The van der Waals surface area contributed by atoms with E-state index < -0.39 is 6.09 Å². The van der Waals surface area contributed by atoms with E-state index in [2.05, 4.69) is 4.98 Å². The molecule has 0 saturated heterocycles. The number of pyridine rings is 1. The Hall–Kier alpha value is -2.30. The Morgan fingerprint density at radius 2 is 2.06 bits per heavy atom. The maximum absolute atomic E-state index is 10.7. The summed E-state index contributed by atoms with van der Waals surface area (Å²) in [5.41, 5.74) is 5.51. The normalized spacial score (nSPS) is 10.1. The second-order valence-electron chi connectivity index (χ2n) is 3.09.